The molecule has 1 aromatic carbocycles. The number of β-amino-alcohol motifs (C(OH)–C–C–N with tert-alkyl or cyclic N) is 1. The average molecular weight is 356 g/mol. The summed E-state index contributed by atoms with van der Waals surface area (Å²) in [6.45, 7) is 7.40. The topological polar surface area (TPSA) is 38.7 Å². The van der Waals surface area contributed by atoms with E-state index < -0.39 is 0 Å². The Morgan fingerprint density at radius 3 is 2.81 bits per heavy atom. The van der Waals surface area contributed by atoms with Crippen molar-refractivity contribution >= 4 is 21.6 Å². The van der Waals surface area contributed by atoms with Crippen LogP contribution in [0.5, 0.6) is 0 Å². The first-order valence-electron chi connectivity index (χ1n) is 7.70. The van der Waals surface area contributed by atoms with Crippen molar-refractivity contribution in [2.75, 3.05) is 51.3 Å². The molecule has 1 aromatic rings. The predicted molar refractivity (Wildman–Crippen MR) is 92.0 cm³/mol. The lowest BCUT2D eigenvalue weighted by molar-refractivity contribution is 0.204. The van der Waals surface area contributed by atoms with E-state index in [1.165, 1.54) is 11.3 Å². The minimum atomic E-state index is 0.249. The molecular formula is C16H26BrN3O. The van der Waals surface area contributed by atoms with Gasteiger partial charge in [-0.1, -0.05) is 22.0 Å². The molecule has 0 aromatic heterocycles. The molecule has 5 heteroatoms. The molecule has 2 N–H and O–H groups in total. The first-order valence-corrected chi connectivity index (χ1v) is 8.50. The third-order valence-electron chi connectivity index (χ3n) is 4.24. The molecule has 0 amide bonds. The second kappa shape index (κ2) is 8.13. The number of aliphatic hydroxyl groups excluding tert-OH is 1. The van der Waals surface area contributed by atoms with Crippen LogP contribution in [0.25, 0.3) is 0 Å². The summed E-state index contributed by atoms with van der Waals surface area (Å²) in [4.78, 5) is 4.82. The molecule has 1 aliphatic heterocycles. The van der Waals surface area contributed by atoms with Gasteiger partial charge in [-0.15, -0.1) is 0 Å². The van der Waals surface area contributed by atoms with E-state index in [1.54, 1.807) is 0 Å². The largest absolute Gasteiger partial charge is 0.395 e. The Hall–Kier alpha value is -0.620. The van der Waals surface area contributed by atoms with Crippen molar-refractivity contribution in [3.63, 3.8) is 0 Å². The molecule has 1 unspecified atom stereocenters. The van der Waals surface area contributed by atoms with Gasteiger partial charge in [0.05, 0.1) is 6.61 Å². The lowest BCUT2D eigenvalue weighted by atomic mass is 10.1. The van der Waals surface area contributed by atoms with Gasteiger partial charge >= 0.3 is 0 Å². The van der Waals surface area contributed by atoms with Gasteiger partial charge in [0, 0.05) is 42.4 Å². The molecule has 1 atom stereocenters. The zero-order valence-electron chi connectivity index (χ0n) is 13.0. The third kappa shape index (κ3) is 4.42. The van der Waals surface area contributed by atoms with Crippen LogP contribution in [0.2, 0.25) is 0 Å². The van der Waals surface area contributed by atoms with Gasteiger partial charge in [0.15, 0.2) is 0 Å². The van der Waals surface area contributed by atoms with E-state index in [2.05, 4.69) is 56.2 Å². The zero-order chi connectivity index (χ0) is 15.2. The second-order valence-corrected chi connectivity index (χ2v) is 6.54. The number of hydrogen-bond donors (Lipinski definition) is 2. The Labute approximate surface area is 136 Å². The van der Waals surface area contributed by atoms with Crippen LogP contribution in [0.15, 0.2) is 22.7 Å². The first-order chi connectivity index (χ1) is 10.2. The number of aliphatic hydroxyl groups is 1. The molecule has 0 aliphatic carbocycles. The van der Waals surface area contributed by atoms with Crippen LogP contribution in [0.3, 0.4) is 0 Å². The van der Waals surface area contributed by atoms with Crippen molar-refractivity contribution in [1.29, 1.82) is 0 Å². The van der Waals surface area contributed by atoms with Crippen molar-refractivity contribution in [3.05, 3.63) is 28.2 Å². The standard InChI is InChI=1S/C16H26BrN3O/c1-13(18-2)15-5-4-14(17)12-16(15)20-7-3-6-19(8-9-20)10-11-21/h4-5,12-13,18,21H,3,6-11H2,1-2H3. The summed E-state index contributed by atoms with van der Waals surface area (Å²) >= 11 is 3.60. The Bertz CT molecular complexity index is 455. The molecule has 21 heavy (non-hydrogen) atoms. The number of halogens is 1. The molecule has 1 fully saturated rings. The third-order valence-corrected chi connectivity index (χ3v) is 4.73. The quantitative estimate of drug-likeness (QED) is 0.849. The maximum atomic E-state index is 9.11. The van der Waals surface area contributed by atoms with Gasteiger partial charge in [0.25, 0.3) is 0 Å². The molecular weight excluding hydrogens is 330 g/mol. The Balaban J connectivity index is 2.18. The van der Waals surface area contributed by atoms with Crippen LogP contribution < -0.4 is 10.2 Å². The van der Waals surface area contributed by atoms with E-state index in [9.17, 15) is 0 Å². The van der Waals surface area contributed by atoms with Gasteiger partial charge in [-0.05, 0) is 44.6 Å². The Morgan fingerprint density at radius 2 is 2.10 bits per heavy atom. The monoisotopic (exact) mass is 355 g/mol. The highest BCUT2D eigenvalue weighted by Crippen LogP contribution is 2.30. The van der Waals surface area contributed by atoms with Crippen LogP contribution in [-0.4, -0.2) is 56.4 Å². The molecule has 2 rings (SSSR count). The summed E-state index contributed by atoms with van der Waals surface area (Å²) in [6, 6.07) is 6.88. The van der Waals surface area contributed by atoms with Gasteiger partial charge in [0.1, 0.15) is 0 Å². The molecule has 1 saturated heterocycles. The van der Waals surface area contributed by atoms with E-state index in [-0.39, 0.29) is 6.61 Å². The van der Waals surface area contributed by atoms with Crippen LogP contribution in [0, 0.1) is 0 Å². The number of nitrogens with one attached hydrogen (secondary N) is 1. The number of anilines is 1. The maximum Gasteiger partial charge on any atom is 0.0558 e. The van der Waals surface area contributed by atoms with E-state index in [1.807, 2.05) is 7.05 Å². The second-order valence-electron chi connectivity index (χ2n) is 5.62. The number of rotatable bonds is 5. The summed E-state index contributed by atoms with van der Waals surface area (Å²) in [7, 11) is 2.00. The van der Waals surface area contributed by atoms with Crippen molar-refractivity contribution in [2.45, 2.75) is 19.4 Å². The normalized spacial score (nSPS) is 18.6. The van der Waals surface area contributed by atoms with Gasteiger partial charge in [-0.25, -0.2) is 0 Å². The maximum absolute atomic E-state index is 9.11. The van der Waals surface area contributed by atoms with Crippen molar-refractivity contribution in [3.8, 4) is 0 Å². The molecule has 1 aliphatic rings. The molecule has 0 radical (unpaired) electrons. The Morgan fingerprint density at radius 1 is 1.29 bits per heavy atom. The zero-order valence-corrected chi connectivity index (χ0v) is 14.6. The van der Waals surface area contributed by atoms with Crippen LogP contribution in [0.1, 0.15) is 24.9 Å². The molecule has 0 spiro atoms. The van der Waals surface area contributed by atoms with Crippen LogP contribution in [-0.2, 0) is 0 Å². The van der Waals surface area contributed by atoms with Crippen LogP contribution >= 0.6 is 15.9 Å². The van der Waals surface area contributed by atoms with Gasteiger partial charge < -0.3 is 15.3 Å². The highest BCUT2D eigenvalue weighted by molar-refractivity contribution is 9.10. The fourth-order valence-electron chi connectivity index (χ4n) is 2.89. The van der Waals surface area contributed by atoms with Crippen molar-refractivity contribution < 1.29 is 5.11 Å². The van der Waals surface area contributed by atoms with Gasteiger partial charge in [-0.3, -0.25) is 4.90 Å². The van der Waals surface area contributed by atoms with E-state index in [4.69, 9.17) is 5.11 Å². The fourth-order valence-corrected chi connectivity index (χ4v) is 3.24. The number of hydrogen-bond acceptors (Lipinski definition) is 4. The van der Waals surface area contributed by atoms with Crippen molar-refractivity contribution in [2.24, 2.45) is 0 Å². The average Bonchev–Trinajstić information content (AvgIpc) is 2.72. The number of nitrogens with zero attached hydrogens (tertiary/aromatic N) is 2. The Kier molecular flexibility index (Phi) is 6.48. The van der Waals surface area contributed by atoms with E-state index in [0.29, 0.717) is 6.04 Å². The van der Waals surface area contributed by atoms with Gasteiger partial charge in [0.2, 0.25) is 0 Å². The van der Waals surface area contributed by atoms with E-state index in [0.717, 1.165) is 43.6 Å². The minimum absolute atomic E-state index is 0.249. The fraction of sp³-hybridized carbons (Fsp3) is 0.625. The molecule has 118 valence electrons. The summed E-state index contributed by atoms with van der Waals surface area (Å²) in [5.74, 6) is 0. The number of benzene rings is 1. The van der Waals surface area contributed by atoms with Crippen LogP contribution in [0.4, 0.5) is 5.69 Å². The summed E-state index contributed by atoms with van der Waals surface area (Å²) in [5.41, 5.74) is 2.66. The molecule has 1 heterocycles. The smallest absolute Gasteiger partial charge is 0.0558 e. The minimum Gasteiger partial charge on any atom is -0.395 e. The van der Waals surface area contributed by atoms with E-state index >= 15 is 0 Å². The summed E-state index contributed by atoms with van der Waals surface area (Å²) in [5, 5.41) is 12.4. The summed E-state index contributed by atoms with van der Waals surface area (Å²) in [6.07, 6.45) is 1.14. The SMILES string of the molecule is CNC(C)c1ccc(Br)cc1N1CCCN(CCO)CC1. The predicted octanol–water partition coefficient (Wildman–Crippen LogP) is 2.23. The molecule has 0 bridgehead atoms. The first kappa shape index (κ1) is 16.7. The van der Waals surface area contributed by atoms with Crippen molar-refractivity contribution in [1.82, 2.24) is 10.2 Å². The molecule has 0 saturated carbocycles. The lowest BCUT2D eigenvalue weighted by Crippen LogP contribution is -2.33. The molecule has 4 nitrogen and oxygen atoms in total. The summed E-state index contributed by atoms with van der Waals surface area (Å²) < 4.78 is 1.13. The lowest BCUT2D eigenvalue weighted by Gasteiger charge is -2.28. The highest BCUT2D eigenvalue weighted by atomic mass is 79.9. The highest BCUT2D eigenvalue weighted by Gasteiger charge is 2.19. The van der Waals surface area contributed by atoms with Gasteiger partial charge in [-0.2, -0.15) is 0 Å².